The maximum absolute atomic E-state index is 15.2. The van der Waals surface area contributed by atoms with Gasteiger partial charge in [0.1, 0.15) is 17.3 Å². The van der Waals surface area contributed by atoms with Crippen molar-refractivity contribution in [3.63, 3.8) is 0 Å². The lowest BCUT2D eigenvalue weighted by Crippen LogP contribution is -2.38. The first kappa shape index (κ1) is 32.4. The summed E-state index contributed by atoms with van der Waals surface area (Å²) >= 11 is 6.12. The van der Waals surface area contributed by atoms with E-state index >= 15 is 4.39 Å². The number of ether oxygens (including phenoxy) is 1. The van der Waals surface area contributed by atoms with Crippen molar-refractivity contribution in [1.82, 2.24) is 30.0 Å². The van der Waals surface area contributed by atoms with Gasteiger partial charge in [-0.3, -0.25) is 9.40 Å². The molecule has 3 N–H and O–H groups in total. The minimum absolute atomic E-state index is 0. The summed E-state index contributed by atoms with van der Waals surface area (Å²) in [6.07, 6.45) is 6.89. The number of nitrogens with one attached hydrogen (secondary N) is 3. The lowest BCUT2D eigenvalue weighted by molar-refractivity contribution is 0.466. The Labute approximate surface area is 271 Å². The third kappa shape index (κ3) is 7.28. The first-order valence-corrected chi connectivity index (χ1v) is 16.0. The van der Waals surface area contributed by atoms with Crippen molar-refractivity contribution in [3.05, 3.63) is 83.2 Å². The Morgan fingerprint density at radius 1 is 1.13 bits per heavy atom. The molecule has 1 saturated heterocycles. The lowest BCUT2D eigenvalue weighted by Gasteiger charge is -2.23. The second-order valence-electron chi connectivity index (χ2n) is 10.6. The number of pyridine rings is 1. The first-order chi connectivity index (χ1) is 21.2. The van der Waals surface area contributed by atoms with Crippen LogP contribution in [-0.2, 0) is 22.8 Å². The average Bonchev–Trinajstić information content (AvgIpc) is 3.31. The molecular weight excluding hydrogens is 642 g/mol. The maximum Gasteiger partial charge on any atom is 0.238 e. The fraction of sp³-hybridized carbons (Fsp3) is 0.267. The fourth-order valence-electron chi connectivity index (χ4n) is 5.17. The van der Waals surface area contributed by atoms with Crippen LogP contribution in [0.25, 0.3) is 22.0 Å². The predicted molar refractivity (Wildman–Crippen MR) is 175 cm³/mol. The van der Waals surface area contributed by atoms with Crippen molar-refractivity contribution in [2.75, 3.05) is 23.1 Å². The molecule has 0 spiro atoms. The highest BCUT2D eigenvalue weighted by Gasteiger charge is 2.22. The average molecular weight is 674 g/mol. The number of nitrogens with zero attached hydrogens (tertiary/aromatic N) is 5. The molecule has 0 bridgehead atoms. The summed E-state index contributed by atoms with van der Waals surface area (Å²) < 4.78 is 51.5. The zero-order valence-electron chi connectivity index (χ0n) is 24.4. The summed E-state index contributed by atoms with van der Waals surface area (Å²) in [6.45, 7) is 3.69. The van der Waals surface area contributed by atoms with Gasteiger partial charge in [0.15, 0.2) is 0 Å². The highest BCUT2D eigenvalue weighted by molar-refractivity contribution is 7.91. The number of fused-ring (bicyclic) bond motifs is 1. The number of benzene rings is 2. The minimum Gasteiger partial charge on any atom is -0.437 e. The van der Waals surface area contributed by atoms with Crippen molar-refractivity contribution in [2.45, 2.75) is 31.6 Å². The largest absolute Gasteiger partial charge is 0.437 e. The molecule has 0 radical (unpaired) electrons. The summed E-state index contributed by atoms with van der Waals surface area (Å²) in [5.74, 6) is -0.0793. The molecular formula is C30H31Cl2FN8O3S. The summed E-state index contributed by atoms with van der Waals surface area (Å²) in [5.41, 5.74) is 1.93. The molecule has 1 fully saturated rings. The van der Waals surface area contributed by atoms with Crippen LogP contribution in [0.3, 0.4) is 0 Å². The molecule has 236 valence electrons. The molecule has 5 aromatic rings. The second-order valence-corrected chi connectivity index (χ2v) is 12.7. The van der Waals surface area contributed by atoms with Crippen molar-refractivity contribution >= 4 is 56.4 Å². The summed E-state index contributed by atoms with van der Waals surface area (Å²) in [4.78, 5) is 13.6. The van der Waals surface area contributed by atoms with E-state index in [0.29, 0.717) is 33.7 Å². The number of halogens is 3. The van der Waals surface area contributed by atoms with E-state index in [4.69, 9.17) is 21.3 Å². The van der Waals surface area contributed by atoms with E-state index < -0.39 is 21.6 Å². The second kappa shape index (κ2) is 13.5. The zero-order chi connectivity index (χ0) is 30.8. The van der Waals surface area contributed by atoms with Gasteiger partial charge >= 0.3 is 0 Å². The van der Waals surface area contributed by atoms with Crippen molar-refractivity contribution in [1.29, 1.82) is 0 Å². The van der Waals surface area contributed by atoms with Crippen molar-refractivity contribution in [2.24, 2.45) is 7.05 Å². The van der Waals surface area contributed by atoms with Gasteiger partial charge in [-0.15, -0.1) is 12.4 Å². The summed E-state index contributed by atoms with van der Waals surface area (Å²) in [5, 5.41) is 11.9. The standard InChI is InChI=1S/C30H30ClFN8O3S.ClH/c1-18-7-8-20-21(9-10-24(32)27(20)39-44(41,42)17-26-23(31)16-40(2)38-26)28(18)43-29-22(6-4-13-34-29)25-11-14-35-30(37-25)36-19-5-3-12-33-15-19;/h4,6-11,13-14,16,19,33,39H,3,5,12,15,17H2,1-2H3,(H,35,36,37);1H/t19-;/m0./s1. The van der Waals surface area contributed by atoms with Crippen LogP contribution in [0.1, 0.15) is 24.1 Å². The minimum atomic E-state index is -4.08. The molecule has 45 heavy (non-hydrogen) atoms. The van der Waals surface area contributed by atoms with Gasteiger partial charge in [-0.1, -0.05) is 23.7 Å². The third-order valence-corrected chi connectivity index (χ3v) is 8.75. The Balaban J connectivity index is 0.00000400. The third-order valence-electron chi connectivity index (χ3n) is 7.27. The molecule has 0 amide bonds. The molecule has 3 aromatic heterocycles. The van der Waals surface area contributed by atoms with Crippen LogP contribution in [-0.4, -0.2) is 52.3 Å². The highest BCUT2D eigenvalue weighted by atomic mass is 35.5. The number of sulfonamides is 1. The molecule has 4 heterocycles. The van der Waals surface area contributed by atoms with Gasteiger partial charge in [-0.25, -0.2) is 27.8 Å². The van der Waals surface area contributed by atoms with E-state index in [1.54, 1.807) is 49.8 Å². The molecule has 6 rings (SSSR count). The molecule has 1 aliphatic heterocycles. The van der Waals surface area contributed by atoms with Gasteiger partial charge < -0.3 is 15.4 Å². The van der Waals surface area contributed by atoms with E-state index in [1.165, 1.54) is 16.9 Å². The topological polar surface area (TPSA) is 136 Å². The Morgan fingerprint density at radius 2 is 1.96 bits per heavy atom. The van der Waals surface area contributed by atoms with E-state index in [1.807, 2.05) is 13.0 Å². The van der Waals surface area contributed by atoms with Crippen LogP contribution in [0.2, 0.25) is 5.02 Å². The number of piperidine rings is 1. The van der Waals surface area contributed by atoms with Crippen molar-refractivity contribution in [3.8, 4) is 22.9 Å². The molecule has 1 atom stereocenters. The summed E-state index contributed by atoms with van der Waals surface area (Å²) in [7, 11) is -2.45. The first-order valence-electron chi connectivity index (χ1n) is 14.0. The van der Waals surface area contributed by atoms with E-state index in [9.17, 15) is 8.42 Å². The quantitative estimate of drug-likeness (QED) is 0.176. The monoisotopic (exact) mass is 672 g/mol. The van der Waals surface area contributed by atoms with Gasteiger partial charge in [0.2, 0.25) is 21.9 Å². The Bertz CT molecular complexity index is 1950. The van der Waals surface area contributed by atoms with E-state index in [2.05, 4.69) is 30.4 Å². The number of anilines is 2. The SMILES string of the molecule is Cc1ccc2c(NS(=O)(=O)Cc3nn(C)cc3Cl)c(F)ccc2c1Oc1ncccc1-c1ccnc(N[C@H]2CCCNC2)n1.Cl. The van der Waals surface area contributed by atoms with Crippen molar-refractivity contribution < 1.29 is 17.5 Å². The number of rotatable bonds is 9. The van der Waals surface area contributed by atoms with Gasteiger partial charge in [-0.05, 0) is 62.2 Å². The number of aromatic nitrogens is 5. The van der Waals surface area contributed by atoms with Crippen LogP contribution in [0.15, 0.2) is 61.1 Å². The van der Waals surface area contributed by atoms with E-state index in [-0.39, 0.29) is 40.7 Å². The highest BCUT2D eigenvalue weighted by Crippen LogP contribution is 2.40. The van der Waals surface area contributed by atoms with Crippen LogP contribution in [0.4, 0.5) is 16.0 Å². The molecule has 0 unspecified atom stereocenters. The van der Waals surface area contributed by atoms with Gasteiger partial charge in [0.05, 0.1) is 27.7 Å². The predicted octanol–water partition coefficient (Wildman–Crippen LogP) is 5.85. The fourth-order valence-corrected chi connectivity index (χ4v) is 6.66. The van der Waals surface area contributed by atoms with Gasteiger partial charge in [0.25, 0.3) is 0 Å². The molecule has 2 aromatic carbocycles. The smallest absolute Gasteiger partial charge is 0.238 e. The maximum atomic E-state index is 15.2. The van der Waals surface area contributed by atoms with E-state index in [0.717, 1.165) is 31.5 Å². The molecule has 15 heteroatoms. The van der Waals surface area contributed by atoms with Crippen LogP contribution in [0, 0.1) is 12.7 Å². The Hall–Kier alpha value is -4.04. The number of aryl methyl sites for hydroxylation is 2. The van der Waals surface area contributed by atoms with Crippen LogP contribution < -0.4 is 20.1 Å². The van der Waals surface area contributed by atoms with Gasteiger partial charge in [-0.2, -0.15) is 5.10 Å². The lowest BCUT2D eigenvalue weighted by atomic mass is 10.0. The molecule has 0 saturated carbocycles. The number of hydrogen-bond donors (Lipinski definition) is 3. The van der Waals surface area contributed by atoms with Gasteiger partial charge in [0, 0.05) is 49.0 Å². The Kier molecular flexibility index (Phi) is 9.73. The molecule has 0 aliphatic carbocycles. The van der Waals surface area contributed by atoms with Crippen LogP contribution >= 0.6 is 24.0 Å². The summed E-state index contributed by atoms with van der Waals surface area (Å²) in [6, 6.07) is 11.8. The zero-order valence-corrected chi connectivity index (χ0v) is 26.8. The normalized spacial score (nSPS) is 15.0. The number of hydrogen-bond acceptors (Lipinski definition) is 9. The molecule has 1 aliphatic rings. The van der Waals surface area contributed by atoms with Crippen LogP contribution in [0.5, 0.6) is 11.6 Å². The Morgan fingerprint density at radius 3 is 2.71 bits per heavy atom. The molecule has 11 nitrogen and oxygen atoms in total.